The first-order valence-corrected chi connectivity index (χ1v) is 9.55. The quantitative estimate of drug-likeness (QED) is 0.686. The zero-order valence-electron chi connectivity index (χ0n) is 17.7. The molecule has 0 aromatic heterocycles. The van der Waals surface area contributed by atoms with Crippen LogP contribution in [0.15, 0.2) is 11.6 Å². The van der Waals surface area contributed by atoms with Crippen LogP contribution in [-0.2, 0) is 14.4 Å². The molecule has 0 spiro atoms. The summed E-state index contributed by atoms with van der Waals surface area (Å²) in [5.74, 6) is -1.36. The zero-order chi connectivity index (χ0) is 20.9. The van der Waals surface area contributed by atoms with Gasteiger partial charge in [0.05, 0.1) is 6.04 Å². The van der Waals surface area contributed by atoms with Gasteiger partial charge in [-0.2, -0.15) is 0 Å². The standard InChI is InChI=1S/C20H35N3O4/c1-13(19(26)27)12-14(2)23(7)18(25)16(20(3,4)5)21-17(24)15-10-8-9-11-22(15)6/h12,14-16H,8-11H2,1-7H3,(H,21,24)(H,26,27)/t14-,15+,16+/m0/s1. The fourth-order valence-electron chi connectivity index (χ4n) is 3.24. The van der Waals surface area contributed by atoms with Crippen molar-refractivity contribution in [3.8, 4) is 0 Å². The first kappa shape index (κ1) is 23.1. The summed E-state index contributed by atoms with van der Waals surface area (Å²) in [5.41, 5.74) is -0.290. The highest BCUT2D eigenvalue weighted by Crippen LogP contribution is 2.23. The van der Waals surface area contributed by atoms with Crippen LogP contribution in [0, 0.1) is 5.41 Å². The molecule has 1 aliphatic rings. The van der Waals surface area contributed by atoms with Gasteiger partial charge in [0.2, 0.25) is 11.8 Å². The smallest absolute Gasteiger partial charge is 0.331 e. The number of piperidine rings is 1. The molecule has 0 aromatic rings. The van der Waals surface area contributed by atoms with Gasteiger partial charge in [-0.05, 0) is 45.7 Å². The second kappa shape index (κ2) is 9.35. The van der Waals surface area contributed by atoms with Gasteiger partial charge < -0.3 is 15.3 Å². The van der Waals surface area contributed by atoms with E-state index < -0.39 is 23.5 Å². The summed E-state index contributed by atoms with van der Waals surface area (Å²) < 4.78 is 0. The number of amides is 2. The summed E-state index contributed by atoms with van der Waals surface area (Å²) in [6.07, 6.45) is 4.42. The fourth-order valence-corrected chi connectivity index (χ4v) is 3.24. The van der Waals surface area contributed by atoms with Gasteiger partial charge in [-0.3, -0.25) is 14.5 Å². The van der Waals surface area contributed by atoms with Crippen molar-refractivity contribution in [3.63, 3.8) is 0 Å². The van der Waals surface area contributed by atoms with Crippen molar-refractivity contribution in [2.45, 2.75) is 72.0 Å². The van der Waals surface area contributed by atoms with E-state index in [0.29, 0.717) is 0 Å². The van der Waals surface area contributed by atoms with E-state index in [2.05, 4.69) is 5.32 Å². The van der Waals surface area contributed by atoms with Crippen molar-refractivity contribution in [2.24, 2.45) is 5.41 Å². The summed E-state index contributed by atoms with van der Waals surface area (Å²) in [7, 11) is 3.57. The number of nitrogens with zero attached hydrogens (tertiary/aromatic N) is 2. The number of rotatable bonds is 6. The molecule has 1 heterocycles. The molecule has 1 rings (SSSR count). The van der Waals surface area contributed by atoms with Crippen LogP contribution in [-0.4, -0.2) is 71.5 Å². The number of carboxylic acids is 1. The lowest BCUT2D eigenvalue weighted by Crippen LogP contribution is -2.59. The minimum atomic E-state index is -1.01. The predicted molar refractivity (Wildman–Crippen MR) is 105 cm³/mol. The van der Waals surface area contributed by atoms with Crippen LogP contribution >= 0.6 is 0 Å². The van der Waals surface area contributed by atoms with Crippen molar-refractivity contribution < 1.29 is 19.5 Å². The van der Waals surface area contributed by atoms with E-state index >= 15 is 0 Å². The van der Waals surface area contributed by atoms with Gasteiger partial charge >= 0.3 is 5.97 Å². The molecule has 0 radical (unpaired) electrons. The molecular formula is C20H35N3O4. The third kappa shape index (κ3) is 6.34. The van der Waals surface area contributed by atoms with Crippen LogP contribution < -0.4 is 5.32 Å². The molecule has 2 N–H and O–H groups in total. The van der Waals surface area contributed by atoms with Gasteiger partial charge in [-0.25, -0.2) is 4.79 Å². The molecule has 154 valence electrons. The predicted octanol–water partition coefficient (Wildman–Crippen LogP) is 1.88. The Morgan fingerprint density at radius 1 is 1.26 bits per heavy atom. The lowest BCUT2D eigenvalue weighted by Gasteiger charge is -2.38. The summed E-state index contributed by atoms with van der Waals surface area (Å²) in [5, 5.41) is 12.0. The number of carbonyl (C=O) groups is 3. The first-order chi connectivity index (χ1) is 12.4. The molecule has 27 heavy (non-hydrogen) atoms. The van der Waals surface area contributed by atoms with E-state index in [1.165, 1.54) is 17.9 Å². The van der Waals surface area contributed by atoms with Crippen LogP contribution in [0.5, 0.6) is 0 Å². The highest BCUT2D eigenvalue weighted by atomic mass is 16.4. The lowest BCUT2D eigenvalue weighted by molar-refractivity contribution is -0.141. The molecule has 2 amide bonds. The normalized spacial score (nSPS) is 21.3. The molecule has 0 aromatic carbocycles. The Hall–Kier alpha value is -1.89. The summed E-state index contributed by atoms with van der Waals surface area (Å²) >= 11 is 0. The minimum absolute atomic E-state index is 0.121. The van der Waals surface area contributed by atoms with E-state index in [1.807, 2.05) is 32.7 Å². The minimum Gasteiger partial charge on any atom is -0.478 e. The number of aliphatic carboxylic acids is 1. The molecule has 1 fully saturated rings. The van der Waals surface area contributed by atoms with Crippen molar-refractivity contribution >= 4 is 17.8 Å². The number of nitrogens with one attached hydrogen (secondary N) is 1. The highest BCUT2D eigenvalue weighted by molar-refractivity contribution is 5.91. The lowest BCUT2D eigenvalue weighted by atomic mass is 9.85. The Morgan fingerprint density at radius 2 is 1.85 bits per heavy atom. The summed E-state index contributed by atoms with van der Waals surface area (Å²) in [6, 6.07) is -1.30. The summed E-state index contributed by atoms with van der Waals surface area (Å²) in [4.78, 5) is 40.5. The molecule has 7 heteroatoms. The highest BCUT2D eigenvalue weighted by Gasteiger charge is 2.38. The number of likely N-dealkylation sites (N-methyl/N-ethyl adjacent to an activating group) is 2. The third-order valence-electron chi connectivity index (χ3n) is 5.26. The van der Waals surface area contributed by atoms with Gasteiger partial charge in [0.1, 0.15) is 6.04 Å². The first-order valence-electron chi connectivity index (χ1n) is 9.55. The molecule has 1 saturated heterocycles. The molecule has 1 aliphatic heterocycles. The Labute approximate surface area is 162 Å². The van der Waals surface area contributed by atoms with E-state index in [-0.39, 0.29) is 23.4 Å². The molecule has 0 bridgehead atoms. The topological polar surface area (TPSA) is 90.0 Å². The van der Waals surface area contributed by atoms with Gasteiger partial charge in [0.15, 0.2) is 0 Å². The van der Waals surface area contributed by atoms with Gasteiger partial charge in [0, 0.05) is 18.7 Å². The Kier molecular flexibility index (Phi) is 8.02. The molecule has 3 atom stereocenters. The van der Waals surface area contributed by atoms with Gasteiger partial charge in [0.25, 0.3) is 0 Å². The molecule has 7 nitrogen and oxygen atoms in total. The number of carboxylic acid groups (broad SMARTS) is 1. The Balaban J connectivity index is 2.95. The number of carbonyl (C=O) groups excluding carboxylic acids is 2. The van der Waals surface area contributed by atoms with Crippen LogP contribution in [0.2, 0.25) is 0 Å². The largest absolute Gasteiger partial charge is 0.478 e. The van der Waals surface area contributed by atoms with E-state index in [4.69, 9.17) is 5.11 Å². The average Bonchev–Trinajstić information content (AvgIpc) is 2.57. The van der Waals surface area contributed by atoms with Crippen molar-refractivity contribution in [1.29, 1.82) is 0 Å². The zero-order valence-corrected chi connectivity index (χ0v) is 17.7. The molecular weight excluding hydrogens is 346 g/mol. The van der Waals surface area contributed by atoms with E-state index in [9.17, 15) is 14.4 Å². The Morgan fingerprint density at radius 3 is 2.33 bits per heavy atom. The van der Waals surface area contributed by atoms with Crippen molar-refractivity contribution in [1.82, 2.24) is 15.1 Å². The van der Waals surface area contributed by atoms with Gasteiger partial charge in [-0.15, -0.1) is 0 Å². The molecule has 0 saturated carbocycles. The van der Waals surface area contributed by atoms with Crippen LogP contribution in [0.4, 0.5) is 0 Å². The van der Waals surface area contributed by atoms with E-state index in [0.717, 1.165) is 25.8 Å². The third-order valence-corrected chi connectivity index (χ3v) is 5.26. The second-order valence-corrected chi connectivity index (χ2v) is 8.64. The number of hydrogen-bond donors (Lipinski definition) is 2. The van der Waals surface area contributed by atoms with Crippen LogP contribution in [0.25, 0.3) is 0 Å². The molecule has 0 aliphatic carbocycles. The fraction of sp³-hybridized carbons (Fsp3) is 0.750. The maximum atomic E-state index is 13.1. The van der Waals surface area contributed by atoms with E-state index in [1.54, 1.807) is 14.0 Å². The summed E-state index contributed by atoms with van der Waals surface area (Å²) in [6.45, 7) is 9.88. The monoisotopic (exact) mass is 381 g/mol. The molecule has 0 unspecified atom stereocenters. The Bertz CT molecular complexity index is 595. The number of likely N-dealkylation sites (tertiary alicyclic amines) is 1. The maximum absolute atomic E-state index is 13.1. The van der Waals surface area contributed by atoms with Gasteiger partial charge in [-0.1, -0.05) is 33.3 Å². The number of hydrogen-bond acceptors (Lipinski definition) is 4. The van der Waals surface area contributed by atoms with Crippen molar-refractivity contribution in [2.75, 3.05) is 20.6 Å². The maximum Gasteiger partial charge on any atom is 0.331 e. The van der Waals surface area contributed by atoms with Crippen molar-refractivity contribution in [3.05, 3.63) is 11.6 Å². The van der Waals surface area contributed by atoms with Crippen LogP contribution in [0.1, 0.15) is 53.9 Å². The average molecular weight is 382 g/mol. The van der Waals surface area contributed by atoms with Crippen LogP contribution in [0.3, 0.4) is 0 Å². The second-order valence-electron chi connectivity index (χ2n) is 8.64. The SMILES string of the molecule is CC(=C[C@H](C)N(C)C(=O)[C@@H](NC(=O)[C@H]1CCCCN1C)C(C)(C)C)C(=O)O.